The first-order chi connectivity index (χ1) is 25.5. The van der Waals surface area contributed by atoms with Crippen molar-refractivity contribution in [3.8, 4) is 34.6 Å². The van der Waals surface area contributed by atoms with Crippen LogP contribution in [-0.2, 0) is 0 Å². The molecule has 0 spiro atoms. The lowest BCUT2D eigenvalue weighted by atomic mass is 10.0. The molecular formula is C46H25N5O. The number of nitrogens with zero attached hydrogens (tertiary/aromatic N) is 5. The largest absolute Gasteiger partial charge is 0.456 e. The van der Waals surface area contributed by atoms with E-state index < -0.39 is 0 Å². The van der Waals surface area contributed by atoms with E-state index >= 15 is 0 Å². The Morgan fingerprint density at radius 1 is 0.519 bits per heavy atom. The van der Waals surface area contributed by atoms with E-state index in [0.717, 1.165) is 88.1 Å². The Labute approximate surface area is 297 Å². The molecule has 0 saturated carbocycles. The van der Waals surface area contributed by atoms with Crippen molar-refractivity contribution in [3.05, 3.63) is 162 Å². The number of rotatable bonds is 3. The van der Waals surface area contributed by atoms with Crippen LogP contribution in [0.15, 0.2) is 138 Å². The van der Waals surface area contributed by atoms with E-state index in [0.29, 0.717) is 16.8 Å². The van der Waals surface area contributed by atoms with Crippen molar-refractivity contribution >= 4 is 71.2 Å². The molecule has 3 heterocycles. The molecule has 7 aromatic carbocycles. The molecule has 6 nitrogen and oxygen atoms in total. The fourth-order valence-corrected chi connectivity index (χ4v) is 7.81. The molecule has 0 bridgehead atoms. The summed E-state index contributed by atoms with van der Waals surface area (Å²) >= 11 is 0. The Bertz CT molecular complexity index is 3230. The number of fused-ring (bicyclic) bond motifs is 9. The monoisotopic (exact) mass is 663 g/mol. The molecule has 0 aliphatic carbocycles. The van der Waals surface area contributed by atoms with Gasteiger partial charge in [0.05, 0.1) is 46.4 Å². The average Bonchev–Trinajstić information content (AvgIpc) is 3.83. The van der Waals surface area contributed by atoms with Crippen LogP contribution in [0.5, 0.6) is 0 Å². The molecule has 0 atom stereocenters. The first-order valence-electron chi connectivity index (χ1n) is 16.9. The highest BCUT2D eigenvalue weighted by molar-refractivity contribution is 6.12. The van der Waals surface area contributed by atoms with E-state index in [1.54, 1.807) is 0 Å². The summed E-state index contributed by atoms with van der Waals surface area (Å²) in [6, 6.07) is 49.4. The Morgan fingerprint density at radius 2 is 1.08 bits per heavy atom. The number of hydrogen-bond acceptors (Lipinski definition) is 3. The molecule has 3 aromatic heterocycles. The van der Waals surface area contributed by atoms with Crippen molar-refractivity contribution < 1.29 is 4.42 Å². The van der Waals surface area contributed by atoms with Gasteiger partial charge in [0.15, 0.2) is 5.69 Å². The van der Waals surface area contributed by atoms with Crippen LogP contribution in [0, 0.1) is 36.2 Å². The Morgan fingerprint density at radius 3 is 1.75 bits per heavy atom. The lowest BCUT2D eigenvalue weighted by molar-refractivity contribution is 0.669. The fourth-order valence-electron chi connectivity index (χ4n) is 7.81. The number of aromatic nitrogens is 2. The lowest BCUT2D eigenvalue weighted by Crippen LogP contribution is -1.95. The molecule has 0 N–H and O–H groups in total. The molecule has 0 saturated heterocycles. The van der Waals surface area contributed by atoms with Gasteiger partial charge in [0, 0.05) is 49.2 Å². The summed E-state index contributed by atoms with van der Waals surface area (Å²) in [5, 5.41) is 25.8. The fraction of sp³-hybridized carbons (Fsp3) is 0.0217. The first-order valence-corrected chi connectivity index (χ1v) is 16.9. The van der Waals surface area contributed by atoms with Gasteiger partial charge in [-0.3, -0.25) is 0 Å². The number of hydrogen-bond donors (Lipinski definition) is 0. The average molecular weight is 664 g/mol. The second-order valence-corrected chi connectivity index (χ2v) is 13.2. The standard InChI is InChI=1S/C46H25N5O/c1-27-6-12-35-38-15-10-32(49-2)23-44(38)51(41(35)18-27)34-11-17-46-40(24-34)39-22-31(9-16-45(39)52-46)30-4-3-5-33(21-30)50-42-19-28(25-47)7-13-36(42)37-14-8-29(26-48)20-43(37)50/h3-24H,1H3. The molecule has 10 aromatic rings. The maximum absolute atomic E-state index is 9.73. The van der Waals surface area contributed by atoms with Crippen molar-refractivity contribution in [2.45, 2.75) is 6.92 Å². The summed E-state index contributed by atoms with van der Waals surface area (Å²) in [6.07, 6.45) is 0. The highest BCUT2D eigenvalue weighted by atomic mass is 16.3. The third-order valence-electron chi connectivity index (χ3n) is 10.2. The lowest BCUT2D eigenvalue weighted by Gasteiger charge is -2.11. The maximum Gasteiger partial charge on any atom is 0.189 e. The van der Waals surface area contributed by atoms with Gasteiger partial charge in [-0.1, -0.05) is 54.6 Å². The zero-order valence-electron chi connectivity index (χ0n) is 27.8. The van der Waals surface area contributed by atoms with Crippen LogP contribution in [0.3, 0.4) is 0 Å². The minimum absolute atomic E-state index is 0.577. The number of furan rings is 1. The summed E-state index contributed by atoms with van der Waals surface area (Å²) in [5.74, 6) is 0. The first kappa shape index (κ1) is 29.3. The smallest absolute Gasteiger partial charge is 0.189 e. The minimum Gasteiger partial charge on any atom is -0.456 e. The van der Waals surface area contributed by atoms with Crippen LogP contribution in [-0.4, -0.2) is 9.13 Å². The molecule has 0 fully saturated rings. The quantitative estimate of drug-likeness (QED) is 0.177. The van der Waals surface area contributed by atoms with E-state index in [2.05, 4.69) is 93.7 Å². The second kappa shape index (κ2) is 11.0. The normalized spacial score (nSPS) is 11.5. The van der Waals surface area contributed by atoms with Gasteiger partial charge in [-0.05, 0) is 102 Å². The molecule has 0 amide bonds. The number of nitriles is 2. The zero-order chi connectivity index (χ0) is 35.1. The van der Waals surface area contributed by atoms with Crippen LogP contribution in [0.1, 0.15) is 16.7 Å². The second-order valence-electron chi connectivity index (χ2n) is 13.2. The summed E-state index contributed by atoms with van der Waals surface area (Å²) in [7, 11) is 0. The molecule has 52 heavy (non-hydrogen) atoms. The Balaban J connectivity index is 1.15. The molecule has 6 heteroatoms. The van der Waals surface area contributed by atoms with Gasteiger partial charge in [-0.25, -0.2) is 4.85 Å². The van der Waals surface area contributed by atoms with Crippen LogP contribution < -0.4 is 0 Å². The van der Waals surface area contributed by atoms with Crippen molar-refractivity contribution in [1.82, 2.24) is 9.13 Å². The summed E-state index contributed by atoms with van der Waals surface area (Å²) in [4.78, 5) is 3.73. The van der Waals surface area contributed by atoms with Gasteiger partial charge in [0.1, 0.15) is 11.2 Å². The maximum atomic E-state index is 9.73. The SMILES string of the molecule is [C-]#[N+]c1ccc2c3ccc(C)cc3n(-c3ccc4oc5ccc(-c6cccc(-n7c8cc(C#N)ccc8c8ccc(C#N)cc87)c6)cc5c4c3)c2c1. The number of benzene rings is 7. The minimum atomic E-state index is 0.577. The Kier molecular flexibility index (Phi) is 6.18. The van der Waals surface area contributed by atoms with E-state index in [4.69, 9.17) is 11.0 Å². The highest BCUT2D eigenvalue weighted by Gasteiger charge is 2.17. The highest BCUT2D eigenvalue weighted by Crippen LogP contribution is 2.39. The van der Waals surface area contributed by atoms with Crippen LogP contribution in [0.4, 0.5) is 5.69 Å². The van der Waals surface area contributed by atoms with E-state index in [9.17, 15) is 10.5 Å². The van der Waals surface area contributed by atoms with E-state index in [1.807, 2.05) is 72.8 Å². The van der Waals surface area contributed by atoms with Gasteiger partial charge in [-0.2, -0.15) is 10.5 Å². The molecular weight excluding hydrogens is 639 g/mol. The van der Waals surface area contributed by atoms with Gasteiger partial charge >= 0.3 is 0 Å². The third-order valence-corrected chi connectivity index (χ3v) is 10.2. The molecule has 0 aliphatic heterocycles. The van der Waals surface area contributed by atoms with E-state index in [1.165, 1.54) is 5.56 Å². The molecule has 0 unspecified atom stereocenters. The summed E-state index contributed by atoms with van der Waals surface area (Å²) in [5.41, 5.74) is 12.4. The molecule has 0 aliphatic rings. The van der Waals surface area contributed by atoms with Gasteiger partial charge in [0.25, 0.3) is 0 Å². The number of aryl methyl sites for hydroxylation is 1. The molecule has 0 radical (unpaired) electrons. The van der Waals surface area contributed by atoms with E-state index in [-0.39, 0.29) is 0 Å². The van der Waals surface area contributed by atoms with Crippen molar-refractivity contribution in [2.24, 2.45) is 0 Å². The van der Waals surface area contributed by atoms with Crippen LogP contribution in [0.25, 0.3) is 92.9 Å². The molecule has 240 valence electrons. The van der Waals surface area contributed by atoms with Crippen LogP contribution >= 0.6 is 0 Å². The zero-order valence-corrected chi connectivity index (χ0v) is 27.8. The summed E-state index contributed by atoms with van der Waals surface area (Å²) < 4.78 is 10.8. The van der Waals surface area contributed by atoms with Gasteiger partial charge in [0.2, 0.25) is 0 Å². The predicted molar refractivity (Wildman–Crippen MR) is 208 cm³/mol. The van der Waals surface area contributed by atoms with Crippen molar-refractivity contribution in [3.63, 3.8) is 0 Å². The topological polar surface area (TPSA) is 74.9 Å². The van der Waals surface area contributed by atoms with Crippen molar-refractivity contribution in [2.75, 3.05) is 0 Å². The molecule has 10 rings (SSSR count). The van der Waals surface area contributed by atoms with Gasteiger partial charge < -0.3 is 13.6 Å². The van der Waals surface area contributed by atoms with Gasteiger partial charge in [-0.15, -0.1) is 0 Å². The van der Waals surface area contributed by atoms with Crippen molar-refractivity contribution in [1.29, 1.82) is 10.5 Å². The summed E-state index contributed by atoms with van der Waals surface area (Å²) in [6.45, 7) is 9.77. The third kappa shape index (κ3) is 4.28. The Hall–Kier alpha value is -7.59. The predicted octanol–water partition coefficient (Wildman–Crippen LogP) is 12.0. The van der Waals surface area contributed by atoms with Crippen LogP contribution in [0.2, 0.25) is 0 Å².